The number of hydrogen-bond donors (Lipinski definition) is 3. The Hall–Kier alpha value is -3.08. The summed E-state index contributed by atoms with van der Waals surface area (Å²) in [6.45, 7) is 0.201. The third-order valence-corrected chi connectivity index (χ3v) is 7.87. The minimum atomic E-state index is -1.39. The lowest BCUT2D eigenvalue weighted by molar-refractivity contribution is -0.142. The average molecular weight is 582 g/mol. The fraction of sp³-hybridized carbons (Fsp3) is 0.308. The van der Waals surface area contributed by atoms with Crippen LogP contribution in [0.3, 0.4) is 0 Å². The molecule has 0 aromatic heterocycles. The third-order valence-electron chi connectivity index (χ3n) is 6.08. The molecule has 12 heteroatoms. The summed E-state index contributed by atoms with van der Waals surface area (Å²) < 4.78 is 13.8. The molecule has 0 radical (unpaired) electrons. The highest BCUT2D eigenvalue weighted by atomic mass is 35.5. The monoisotopic (exact) mass is 581 g/mol. The molecule has 0 aliphatic carbocycles. The number of carboxylic acids is 1. The number of aliphatic carboxylic acids is 1. The first kappa shape index (κ1) is 29.5. The topological polar surface area (TPSA) is 116 Å². The number of carbonyl (C=O) groups is 4. The van der Waals surface area contributed by atoms with Crippen molar-refractivity contribution in [1.29, 1.82) is 0 Å². The number of carboxylic acid groups (broad SMARTS) is 1. The van der Waals surface area contributed by atoms with Gasteiger partial charge in [0.1, 0.15) is 11.9 Å². The second-order valence-electron chi connectivity index (χ2n) is 8.51. The van der Waals surface area contributed by atoms with Gasteiger partial charge in [-0.2, -0.15) is 0 Å². The Morgan fingerprint density at radius 1 is 1.13 bits per heavy atom. The summed E-state index contributed by atoms with van der Waals surface area (Å²) >= 11 is 14.0. The smallest absolute Gasteiger partial charge is 0.328 e. The first-order valence-corrected chi connectivity index (χ1v) is 13.6. The molecular weight excluding hydrogens is 556 g/mol. The van der Waals surface area contributed by atoms with Crippen molar-refractivity contribution in [2.24, 2.45) is 5.92 Å². The fourth-order valence-electron chi connectivity index (χ4n) is 3.89. The van der Waals surface area contributed by atoms with Gasteiger partial charge in [0.25, 0.3) is 5.91 Å². The molecule has 0 bridgehead atoms. The van der Waals surface area contributed by atoms with E-state index in [1.54, 1.807) is 17.0 Å². The van der Waals surface area contributed by atoms with Crippen LogP contribution in [0.4, 0.5) is 4.39 Å². The van der Waals surface area contributed by atoms with Crippen LogP contribution < -0.4 is 10.6 Å². The number of carbonyl (C=O) groups excluding carboxylic acids is 3. The van der Waals surface area contributed by atoms with Crippen LogP contribution in [-0.2, 0) is 14.4 Å². The van der Waals surface area contributed by atoms with Gasteiger partial charge in [-0.1, -0.05) is 41.4 Å². The van der Waals surface area contributed by atoms with E-state index in [9.17, 15) is 28.7 Å². The van der Waals surface area contributed by atoms with E-state index in [0.29, 0.717) is 41.5 Å². The first-order valence-electron chi connectivity index (χ1n) is 11.7. The average Bonchev–Trinajstić information content (AvgIpc) is 2.91. The van der Waals surface area contributed by atoms with E-state index in [-0.39, 0.29) is 11.5 Å². The van der Waals surface area contributed by atoms with E-state index in [4.69, 9.17) is 23.2 Å². The summed E-state index contributed by atoms with van der Waals surface area (Å²) in [5, 5.41) is 15.0. The molecule has 38 heavy (non-hydrogen) atoms. The molecule has 1 fully saturated rings. The normalized spacial score (nSPS) is 14.8. The van der Waals surface area contributed by atoms with Crippen molar-refractivity contribution in [3.63, 3.8) is 0 Å². The largest absolute Gasteiger partial charge is 0.480 e. The summed E-state index contributed by atoms with van der Waals surface area (Å²) in [7, 11) is 0. The number of nitrogens with one attached hydrogen (secondary N) is 2. The van der Waals surface area contributed by atoms with E-state index >= 15 is 0 Å². The van der Waals surface area contributed by atoms with E-state index in [2.05, 4.69) is 10.6 Å². The third kappa shape index (κ3) is 7.49. The van der Waals surface area contributed by atoms with Crippen molar-refractivity contribution >= 4 is 64.7 Å². The maximum absolute atomic E-state index is 13.8. The van der Waals surface area contributed by atoms with Gasteiger partial charge in [-0.3, -0.25) is 14.4 Å². The SMILES string of the molecule is CSc1ccc(C=CC(=O)N2CCC(C(=O)N[C@@H](CNC(=O)c3ccccc3F)C(=O)O)CC2)c(Cl)c1Cl. The number of nitrogens with zero attached hydrogens (tertiary/aromatic N) is 1. The van der Waals surface area contributed by atoms with Gasteiger partial charge in [0.2, 0.25) is 11.8 Å². The van der Waals surface area contributed by atoms with Crippen LogP contribution in [0.2, 0.25) is 10.0 Å². The van der Waals surface area contributed by atoms with Gasteiger partial charge in [-0.25, -0.2) is 9.18 Å². The van der Waals surface area contributed by atoms with Crippen molar-refractivity contribution in [2.75, 3.05) is 25.9 Å². The Balaban J connectivity index is 1.51. The summed E-state index contributed by atoms with van der Waals surface area (Å²) in [4.78, 5) is 51.6. The first-order chi connectivity index (χ1) is 18.1. The number of rotatable bonds is 9. The van der Waals surface area contributed by atoms with Gasteiger partial charge in [0.05, 0.1) is 15.6 Å². The van der Waals surface area contributed by atoms with E-state index < -0.39 is 42.1 Å². The molecule has 2 aromatic carbocycles. The second kappa shape index (κ2) is 13.6. The molecule has 1 heterocycles. The van der Waals surface area contributed by atoms with Gasteiger partial charge in [-0.15, -0.1) is 11.8 Å². The van der Waals surface area contributed by atoms with Gasteiger partial charge in [0.15, 0.2) is 0 Å². The Morgan fingerprint density at radius 3 is 2.45 bits per heavy atom. The zero-order chi connectivity index (χ0) is 27.8. The van der Waals surface area contributed by atoms with Crippen molar-refractivity contribution in [3.05, 3.63) is 69.5 Å². The van der Waals surface area contributed by atoms with Gasteiger partial charge >= 0.3 is 5.97 Å². The van der Waals surface area contributed by atoms with Crippen LogP contribution in [0.25, 0.3) is 6.08 Å². The van der Waals surface area contributed by atoms with Crippen molar-refractivity contribution in [2.45, 2.75) is 23.8 Å². The molecule has 3 amide bonds. The number of benzene rings is 2. The van der Waals surface area contributed by atoms with Crippen molar-refractivity contribution in [1.82, 2.24) is 15.5 Å². The van der Waals surface area contributed by atoms with Crippen LogP contribution in [0.1, 0.15) is 28.8 Å². The number of amides is 3. The van der Waals surface area contributed by atoms with Crippen LogP contribution in [0.5, 0.6) is 0 Å². The van der Waals surface area contributed by atoms with E-state index in [1.165, 1.54) is 36.0 Å². The maximum atomic E-state index is 13.8. The number of piperidine rings is 1. The quantitative estimate of drug-likeness (QED) is 0.303. The molecule has 1 atom stereocenters. The lowest BCUT2D eigenvalue weighted by Gasteiger charge is -2.31. The van der Waals surface area contributed by atoms with Crippen LogP contribution >= 0.6 is 35.0 Å². The highest BCUT2D eigenvalue weighted by molar-refractivity contribution is 7.98. The van der Waals surface area contributed by atoms with E-state index in [0.717, 1.165) is 11.0 Å². The number of hydrogen-bond acceptors (Lipinski definition) is 5. The Labute approximate surface area is 233 Å². The van der Waals surface area contributed by atoms with Crippen LogP contribution in [0.15, 0.2) is 47.4 Å². The molecule has 3 N–H and O–H groups in total. The maximum Gasteiger partial charge on any atom is 0.328 e. The molecule has 0 unspecified atom stereocenters. The highest BCUT2D eigenvalue weighted by Gasteiger charge is 2.30. The summed E-state index contributed by atoms with van der Waals surface area (Å²) in [6, 6.07) is 7.50. The molecule has 1 aliphatic heterocycles. The summed E-state index contributed by atoms with van der Waals surface area (Å²) in [6.07, 6.45) is 5.55. The molecule has 0 spiro atoms. The van der Waals surface area contributed by atoms with E-state index in [1.807, 2.05) is 12.3 Å². The Bertz CT molecular complexity index is 1250. The van der Waals surface area contributed by atoms with Crippen molar-refractivity contribution < 1.29 is 28.7 Å². The number of likely N-dealkylation sites (tertiary alicyclic amines) is 1. The fourth-order valence-corrected chi connectivity index (χ4v) is 5.06. The van der Waals surface area contributed by atoms with Crippen LogP contribution in [0, 0.1) is 11.7 Å². The Morgan fingerprint density at radius 2 is 1.82 bits per heavy atom. The summed E-state index contributed by atoms with van der Waals surface area (Å²) in [5.41, 5.74) is 0.385. The van der Waals surface area contributed by atoms with Crippen LogP contribution in [-0.4, -0.2) is 65.6 Å². The predicted molar refractivity (Wildman–Crippen MR) is 145 cm³/mol. The molecular formula is C26H26Cl2FN3O5S. The lowest BCUT2D eigenvalue weighted by Crippen LogP contribution is -2.51. The predicted octanol–water partition coefficient (Wildman–Crippen LogP) is 4.11. The Kier molecular flexibility index (Phi) is 10.6. The lowest BCUT2D eigenvalue weighted by atomic mass is 9.95. The molecule has 8 nitrogen and oxygen atoms in total. The molecule has 2 aromatic rings. The minimum absolute atomic E-state index is 0.226. The summed E-state index contributed by atoms with van der Waals surface area (Å²) in [5.74, 6) is -4.10. The van der Waals surface area contributed by atoms with Gasteiger partial charge in [0, 0.05) is 36.5 Å². The highest BCUT2D eigenvalue weighted by Crippen LogP contribution is 2.35. The van der Waals surface area contributed by atoms with Gasteiger partial charge < -0.3 is 20.6 Å². The molecule has 0 saturated carbocycles. The van der Waals surface area contributed by atoms with Gasteiger partial charge in [-0.05, 0) is 48.9 Å². The molecule has 202 valence electrons. The molecule has 3 rings (SSSR count). The van der Waals surface area contributed by atoms with Crippen molar-refractivity contribution in [3.8, 4) is 0 Å². The number of thioether (sulfide) groups is 1. The number of halogens is 3. The second-order valence-corrected chi connectivity index (χ2v) is 10.1. The molecule has 1 saturated heterocycles. The minimum Gasteiger partial charge on any atom is -0.480 e. The molecule has 1 aliphatic rings. The standard InChI is InChI=1S/C26H26Cl2FN3O5S/c1-38-20-8-6-15(22(27)23(20)28)7-9-21(33)32-12-10-16(11-13-32)24(34)31-19(26(36)37)14-30-25(35)17-4-2-3-5-18(17)29/h2-9,16,19H,10-14H2,1H3,(H,30,35)(H,31,34)(H,36,37)/t19-/m0/s1. The zero-order valence-corrected chi connectivity index (χ0v) is 22.7. The zero-order valence-electron chi connectivity index (χ0n) is 20.4.